The summed E-state index contributed by atoms with van der Waals surface area (Å²) in [7, 11) is 0. The second kappa shape index (κ2) is 3.34. The molecule has 0 aliphatic rings. The zero-order valence-corrected chi connectivity index (χ0v) is 7.31. The van der Waals surface area contributed by atoms with Crippen molar-refractivity contribution in [2.24, 2.45) is 0 Å². The summed E-state index contributed by atoms with van der Waals surface area (Å²) in [6, 6.07) is 0.884. The maximum atomic E-state index is 12.2. The molecular weight excluding hydrogens is 209 g/mol. The van der Waals surface area contributed by atoms with E-state index in [1.807, 2.05) is 0 Å². The predicted molar refractivity (Wildman–Crippen MR) is 44.2 cm³/mol. The zero-order valence-electron chi connectivity index (χ0n) is 7.31. The highest BCUT2D eigenvalue weighted by molar-refractivity contribution is 5.17. The van der Waals surface area contributed by atoms with Crippen LogP contribution >= 0.6 is 0 Å². The van der Waals surface area contributed by atoms with Crippen molar-refractivity contribution in [3.63, 3.8) is 0 Å². The molecule has 78 valence electrons. The van der Waals surface area contributed by atoms with Gasteiger partial charge in [-0.05, 0) is 6.07 Å². The summed E-state index contributed by atoms with van der Waals surface area (Å²) in [5, 5.41) is 3.34. The van der Waals surface area contributed by atoms with E-state index < -0.39 is 11.9 Å². The van der Waals surface area contributed by atoms with Crippen molar-refractivity contribution in [1.29, 1.82) is 0 Å². The molecule has 0 saturated carbocycles. The van der Waals surface area contributed by atoms with E-state index in [1.54, 1.807) is 0 Å². The highest BCUT2D eigenvalue weighted by atomic mass is 19.4. The van der Waals surface area contributed by atoms with E-state index in [2.05, 4.69) is 15.1 Å². The number of nitrogens with zero attached hydrogens (tertiary/aromatic N) is 4. The second-order valence-electron chi connectivity index (χ2n) is 2.71. The maximum Gasteiger partial charge on any atom is 0.435 e. The molecule has 0 saturated heterocycles. The molecule has 0 aliphatic heterocycles. The summed E-state index contributed by atoms with van der Waals surface area (Å²) in [6.45, 7) is 0. The van der Waals surface area contributed by atoms with Gasteiger partial charge in [-0.25, -0.2) is 9.67 Å². The fourth-order valence-corrected chi connectivity index (χ4v) is 1.01. The van der Waals surface area contributed by atoms with E-state index in [1.165, 1.54) is 24.8 Å². The lowest BCUT2D eigenvalue weighted by Crippen LogP contribution is -2.07. The van der Waals surface area contributed by atoms with Crippen LogP contribution in [0.15, 0.2) is 30.9 Å². The molecule has 2 rings (SSSR count). The first-order chi connectivity index (χ1) is 7.07. The lowest BCUT2D eigenvalue weighted by atomic mass is 10.4. The Hall–Kier alpha value is -1.92. The number of hydrogen-bond acceptors (Lipinski definition) is 3. The SMILES string of the molecule is FC(F)(F)c1ccn(-c2cnccn2)n1. The zero-order chi connectivity index (χ0) is 10.9. The lowest BCUT2D eigenvalue weighted by molar-refractivity contribution is -0.141. The van der Waals surface area contributed by atoms with Crippen LogP contribution in [-0.2, 0) is 6.18 Å². The third-order valence-electron chi connectivity index (χ3n) is 1.66. The van der Waals surface area contributed by atoms with Crippen molar-refractivity contribution in [1.82, 2.24) is 19.7 Å². The third kappa shape index (κ3) is 1.95. The van der Waals surface area contributed by atoms with E-state index >= 15 is 0 Å². The molecule has 4 nitrogen and oxygen atoms in total. The number of alkyl halides is 3. The molecule has 2 heterocycles. The van der Waals surface area contributed by atoms with Crippen LogP contribution < -0.4 is 0 Å². The van der Waals surface area contributed by atoms with Gasteiger partial charge in [-0.2, -0.15) is 18.3 Å². The Morgan fingerprint density at radius 1 is 1.20 bits per heavy atom. The molecule has 0 N–H and O–H groups in total. The van der Waals surface area contributed by atoms with Crippen molar-refractivity contribution in [3.8, 4) is 5.82 Å². The van der Waals surface area contributed by atoms with Crippen molar-refractivity contribution in [2.45, 2.75) is 6.18 Å². The standard InChI is InChI=1S/C8H5F3N4/c9-8(10,11)6-1-4-15(14-6)7-5-12-2-3-13-7/h1-5H. The average Bonchev–Trinajstić information content (AvgIpc) is 2.67. The fraction of sp³-hybridized carbons (Fsp3) is 0.125. The van der Waals surface area contributed by atoms with Gasteiger partial charge in [-0.3, -0.25) is 4.98 Å². The molecular formula is C8H5F3N4. The van der Waals surface area contributed by atoms with Crippen LogP contribution in [0.1, 0.15) is 5.69 Å². The molecule has 0 amide bonds. The van der Waals surface area contributed by atoms with Crippen LogP contribution in [0.5, 0.6) is 0 Å². The second-order valence-corrected chi connectivity index (χ2v) is 2.71. The molecule has 2 aromatic heterocycles. The van der Waals surface area contributed by atoms with Gasteiger partial charge >= 0.3 is 6.18 Å². The molecule has 0 aliphatic carbocycles. The highest BCUT2D eigenvalue weighted by Gasteiger charge is 2.33. The minimum absolute atomic E-state index is 0.244. The van der Waals surface area contributed by atoms with Crippen molar-refractivity contribution in [3.05, 3.63) is 36.5 Å². The molecule has 0 bridgehead atoms. The summed E-state index contributed by atoms with van der Waals surface area (Å²) in [6.07, 6.45) is 0.884. The molecule has 0 spiro atoms. The van der Waals surface area contributed by atoms with E-state index in [4.69, 9.17) is 0 Å². The molecule has 0 atom stereocenters. The van der Waals surface area contributed by atoms with Crippen LogP contribution in [0.4, 0.5) is 13.2 Å². The monoisotopic (exact) mass is 214 g/mol. The molecule has 2 aromatic rings. The first kappa shape index (κ1) is 9.63. The maximum absolute atomic E-state index is 12.2. The average molecular weight is 214 g/mol. The topological polar surface area (TPSA) is 43.6 Å². The normalized spacial score (nSPS) is 11.7. The minimum atomic E-state index is -4.44. The Morgan fingerprint density at radius 2 is 2.00 bits per heavy atom. The van der Waals surface area contributed by atoms with Gasteiger partial charge in [0.1, 0.15) is 0 Å². The summed E-state index contributed by atoms with van der Waals surface area (Å²) in [5.74, 6) is 0.244. The van der Waals surface area contributed by atoms with Crippen molar-refractivity contribution in [2.75, 3.05) is 0 Å². The third-order valence-corrected chi connectivity index (χ3v) is 1.66. The van der Waals surface area contributed by atoms with Gasteiger partial charge in [-0.15, -0.1) is 0 Å². The first-order valence-electron chi connectivity index (χ1n) is 3.96. The largest absolute Gasteiger partial charge is 0.435 e. The van der Waals surface area contributed by atoms with Gasteiger partial charge in [0.25, 0.3) is 0 Å². The first-order valence-corrected chi connectivity index (χ1v) is 3.96. The van der Waals surface area contributed by atoms with E-state index in [9.17, 15) is 13.2 Å². The number of aromatic nitrogens is 4. The van der Waals surface area contributed by atoms with Crippen LogP contribution in [0, 0.1) is 0 Å². The fourth-order valence-electron chi connectivity index (χ4n) is 1.01. The summed E-state index contributed by atoms with van der Waals surface area (Å²) >= 11 is 0. The van der Waals surface area contributed by atoms with Gasteiger partial charge in [0.2, 0.25) is 0 Å². The Labute approximate surface area is 82.4 Å². The molecule has 0 unspecified atom stereocenters. The van der Waals surface area contributed by atoms with Gasteiger partial charge < -0.3 is 0 Å². The molecule has 0 aromatic carbocycles. The van der Waals surface area contributed by atoms with E-state index in [0.717, 1.165) is 10.7 Å². The molecule has 15 heavy (non-hydrogen) atoms. The van der Waals surface area contributed by atoms with Gasteiger partial charge in [-0.1, -0.05) is 0 Å². The van der Waals surface area contributed by atoms with Crippen LogP contribution in [0.25, 0.3) is 5.82 Å². The summed E-state index contributed by atoms with van der Waals surface area (Å²) in [5.41, 5.74) is -0.951. The highest BCUT2D eigenvalue weighted by Crippen LogP contribution is 2.27. The van der Waals surface area contributed by atoms with Crippen LogP contribution in [0.3, 0.4) is 0 Å². The Bertz CT molecular complexity index is 448. The summed E-state index contributed by atoms with van der Waals surface area (Å²) in [4.78, 5) is 7.54. The van der Waals surface area contributed by atoms with Crippen molar-refractivity contribution < 1.29 is 13.2 Å². The van der Waals surface area contributed by atoms with Crippen molar-refractivity contribution >= 4 is 0 Å². The smallest absolute Gasteiger partial charge is 0.259 e. The summed E-state index contributed by atoms with van der Waals surface area (Å²) < 4.78 is 37.6. The number of rotatable bonds is 1. The quantitative estimate of drug-likeness (QED) is 0.725. The lowest BCUT2D eigenvalue weighted by Gasteiger charge is -2.01. The van der Waals surface area contributed by atoms with Crippen LogP contribution in [0.2, 0.25) is 0 Å². The minimum Gasteiger partial charge on any atom is -0.259 e. The van der Waals surface area contributed by atoms with Gasteiger partial charge in [0, 0.05) is 18.6 Å². The van der Waals surface area contributed by atoms with Gasteiger partial charge in [0.15, 0.2) is 11.5 Å². The Balaban J connectivity index is 2.37. The number of halogens is 3. The number of hydrogen-bond donors (Lipinski definition) is 0. The molecule has 0 fully saturated rings. The molecule has 0 radical (unpaired) electrons. The Morgan fingerprint density at radius 3 is 2.53 bits per heavy atom. The predicted octanol–water partition coefficient (Wildman–Crippen LogP) is 1.68. The van der Waals surface area contributed by atoms with E-state index in [0.29, 0.717) is 0 Å². The Kier molecular flexibility index (Phi) is 2.14. The molecule has 7 heteroatoms. The van der Waals surface area contributed by atoms with Crippen LogP contribution in [-0.4, -0.2) is 19.7 Å². The van der Waals surface area contributed by atoms with Gasteiger partial charge in [0.05, 0.1) is 6.20 Å². The van der Waals surface area contributed by atoms with E-state index in [-0.39, 0.29) is 5.82 Å².